The third-order valence-corrected chi connectivity index (χ3v) is 4.83. The molecule has 1 fully saturated rings. The van der Waals surface area contributed by atoms with Crippen LogP contribution in [0.25, 0.3) is 10.9 Å². The lowest BCUT2D eigenvalue weighted by Crippen LogP contribution is -2.38. The highest BCUT2D eigenvalue weighted by Gasteiger charge is 2.21. The van der Waals surface area contributed by atoms with Gasteiger partial charge in [0.1, 0.15) is 5.56 Å². The summed E-state index contributed by atoms with van der Waals surface area (Å²) in [6.45, 7) is 4.05. The highest BCUT2D eigenvalue weighted by molar-refractivity contribution is 6.00. The molecule has 0 spiro atoms. The van der Waals surface area contributed by atoms with E-state index >= 15 is 0 Å². The number of fused-ring (bicyclic) bond motifs is 1. The molecule has 0 bridgehead atoms. The van der Waals surface area contributed by atoms with Crippen molar-refractivity contribution < 1.29 is 4.79 Å². The lowest BCUT2D eigenvalue weighted by Gasteiger charge is -2.23. The van der Waals surface area contributed by atoms with Gasteiger partial charge >= 0.3 is 0 Å². The lowest BCUT2D eigenvalue weighted by molar-refractivity contribution is 0.0926. The second-order valence-electron chi connectivity index (χ2n) is 6.92. The molecule has 0 unspecified atom stereocenters. The molecule has 0 atom stereocenters. The summed E-state index contributed by atoms with van der Waals surface area (Å²) in [7, 11) is 0. The Balaban J connectivity index is 2.07. The molecule has 3 rings (SSSR count). The molecular weight excluding hydrogens is 302 g/mol. The minimum atomic E-state index is -0.286. The molecule has 1 saturated carbocycles. The molecule has 5 heteroatoms. The standard InChI is InChI=1S/C19H25N3O2/c1-12(2)22-11-14(19(24)21-13-7-4-3-5-8-13)18(23)17-15(20)9-6-10-16(17)22/h6,9-13H,3-5,7-8,20H2,1-2H3,(H,21,24). The van der Waals surface area contributed by atoms with E-state index in [0.717, 1.165) is 31.2 Å². The Hall–Kier alpha value is -2.30. The van der Waals surface area contributed by atoms with Crippen LogP contribution < -0.4 is 16.5 Å². The zero-order chi connectivity index (χ0) is 17.3. The maximum Gasteiger partial charge on any atom is 0.256 e. The van der Waals surface area contributed by atoms with Crippen LogP contribution in [0, 0.1) is 0 Å². The van der Waals surface area contributed by atoms with E-state index in [4.69, 9.17) is 5.73 Å². The average Bonchev–Trinajstić information content (AvgIpc) is 2.55. The fourth-order valence-electron chi connectivity index (χ4n) is 3.52. The summed E-state index contributed by atoms with van der Waals surface area (Å²) in [5, 5.41) is 3.47. The Labute approximate surface area is 141 Å². The minimum Gasteiger partial charge on any atom is -0.398 e. The number of rotatable bonds is 3. The number of anilines is 1. The molecule has 1 amide bonds. The zero-order valence-electron chi connectivity index (χ0n) is 14.3. The van der Waals surface area contributed by atoms with Gasteiger partial charge in [-0.2, -0.15) is 0 Å². The third-order valence-electron chi connectivity index (χ3n) is 4.83. The number of carbonyl (C=O) groups excluding carboxylic acids is 1. The van der Waals surface area contributed by atoms with Gasteiger partial charge < -0.3 is 15.6 Å². The predicted octanol–water partition coefficient (Wildman–Crippen LogP) is 3.23. The fourth-order valence-corrected chi connectivity index (χ4v) is 3.52. The molecule has 1 aromatic heterocycles. The number of aromatic nitrogens is 1. The van der Waals surface area contributed by atoms with Crippen molar-refractivity contribution >= 4 is 22.5 Å². The van der Waals surface area contributed by atoms with E-state index in [2.05, 4.69) is 5.32 Å². The number of hydrogen-bond donors (Lipinski definition) is 2. The molecule has 1 heterocycles. The number of nitrogens with one attached hydrogen (secondary N) is 1. The molecule has 0 saturated heterocycles. The minimum absolute atomic E-state index is 0.121. The van der Waals surface area contributed by atoms with Crippen LogP contribution in [0.2, 0.25) is 0 Å². The Morgan fingerprint density at radius 1 is 1.25 bits per heavy atom. The van der Waals surface area contributed by atoms with Gasteiger partial charge in [-0.25, -0.2) is 0 Å². The number of amides is 1. The van der Waals surface area contributed by atoms with Crippen molar-refractivity contribution in [3.8, 4) is 0 Å². The second kappa shape index (κ2) is 6.67. The van der Waals surface area contributed by atoms with Crippen molar-refractivity contribution in [3.63, 3.8) is 0 Å². The number of pyridine rings is 1. The third kappa shape index (κ3) is 3.03. The summed E-state index contributed by atoms with van der Waals surface area (Å²) in [5.74, 6) is -0.286. The quantitative estimate of drug-likeness (QED) is 0.850. The number of nitrogens with zero attached hydrogens (tertiary/aromatic N) is 1. The van der Waals surface area contributed by atoms with E-state index in [1.54, 1.807) is 12.3 Å². The molecular formula is C19H25N3O2. The van der Waals surface area contributed by atoms with E-state index in [-0.39, 0.29) is 29.0 Å². The van der Waals surface area contributed by atoms with E-state index in [1.807, 2.05) is 30.5 Å². The van der Waals surface area contributed by atoms with Gasteiger partial charge in [0.05, 0.1) is 10.9 Å². The summed E-state index contributed by atoms with van der Waals surface area (Å²) in [6, 6.07) is 5.70. The second-order valence-corrected chi connectivity index (χ2v) is 6.92. The Bertz CT molecular complexity index is 817. The molecule has 24 heavy (non-hydrogen) atoms. The molecule has 0 radical (unpaired) electrons. The first-order valence-electron chi connectivity index (χ1n) is 8.73. The normalized spacial score (nSPS) is 15.8. The van der Waals surface area contributed by atoms with E-state index < -0.39 is 0 Å². The summed E-state index contributed by atoms with van der Waals surface area (Å²) in [4.78, 5) is 25.6. The SMILES string of the molecule is CC(C)n1cc(C(=O)NC2CCCCC2)c(=O)c2c(N)cccc21. The molecule has 128 valence electrons. The molecule has 3 N–H and O–H groups in total. The molecule has 0 aliphatic heterocycles. The first-order chi connectivity index (χ1) is 11.5. The molecule has 5 nitrogen and oxygen atoms in total. The van der Waals surface area contributed by atoms with Gasteiger partial charge in [0.25, 0.3) is 5.91 Å². The van der Waals surface area contributed by atoms with E-state index in [1.165, 1.54) is 6.42 Å². The molecule has 1 aliphatic rings. The fraction of sp³-hybridized carbons (Fsp3) is 0.474. The van der Waals surface area contributed by atoms with Crippen LogP contribution in [0.15, 0.2) is 29.2 Å². The Morgan fingerprint density at radius 2 is 1.96 bits per heavy atom. The van der Waals surface area contributed by atoms with Gasteiger partial charge in [0.2, 0.25) is 5.43 Å². The van der Waals surface area contributed by atoms with Gasteiger partial charge in [-0.15, -0.1) is 0 Å². The van der Waals surface area contributed by atoms with Crippen LogP contribution in [0.3, 0.4) is 0 Å². The van der Waals surface area contributed by atoms with Crippen LogP contribution in [-0.2, 0) is 0 Å². The summed E-state index contributed by atoms with van der Waals surface area (Å²) in [6.07, 6.45) is 7.13. The Morgan fingerprint density at radius 3 is 2.62 bits per heavy atom. The molecule has 2 aromatic rings. The van der Waals surface area contributed by atoms with Crippen LogP contribution in [0.5, 0.6) is 0 Å². The van der Waals surface area contributed by atoms with E-state index in [9.17, 15) is 9.59 Å². The van der Waals surface area contributed by atoms with Crippen LogP contribution in [-0.4, -0.2) is 16.5 Å². The number of nitrogens with two attached hydrogens (primary N) is 1. The molecule has 1 aliphatic carbocycles. The monoisotopic (exact) mass is 327 g/mol. The predicted molar refractivity (Wildman–Crippen MR) is 97.3 cm³/mol. The van der Waals surface area contributed by atoms with Crippen LogP contribution in [0.4, 0.5) is 5.69 Å². The van der Waals surface area contributed by atoms with Gasteiger partial charge in [-0.1, -0.05) is 25.3 Å². The van der Waals surface area contributed by atoms with Gasteiger partial charge in [0.15, 0.2) is 0 Å². The van der Waals surface area contributed by atoms with E-state index in [0.29, 0.717) is 11.1 Å². The Kier molecular flexibility index (Phi) is 4.60. The summed E-state index contributed by atoms with van der Waals surface area (Å²) >= 11 is 0. The first-order valence-corrected chi connectivity index (χ1v) is 8.73. The van der Waals surface area contributed by atoms with Gasteiger partial charge in [0, 0.05) is 24.0 Å². The van der Waals surface area contributed by atoms with Crippen LogP contribution in [0.1, 0.15) is 62.4 Å². The topological polar surface area (TPSA) is 77.1 Å². The largest absolute Gasteiger partial charge is 0.398 e. The van der Waals surface area contributed by atoms with Crippen molar-refractivity contribution in [2.45, 2.75) is 58.0 Å². The smallest absolute Gasteiger partial charge is 0.256 e. The maximum atomic E-state index is 12.9. The molecule has 1 aromatic carbocycles. The van der Waals surface area contributed by atoms with Crippen molar-refractivity contribution in [2.24, 2.45) is 0 Å². The number of benzene rings is 1. The number of nitrogen functional groups attached to an aromatic ring is 1. The number of hydrogen-bond acceptors (Lipinski definition) is 3. The summed E-state index contributed by atoms with van der Waals surface area (Å²) < 4.78 is 1.95. The number of carbonyl (C=O) groups is 1. The van der Waals surface area contributed by atoms with Crippen molar-refractivity contribution in [1.29, 1.82) is 0 Å². The van der Waals surface area contributed by atoms with Gasteiger partial charge in [-0.05, 0) is 38.8 Å². The highest BCUT2D eigenvalue weighted by Crippen LogP contribution is 2.22. The van der Waals surface area contributed by atoms with Crippen LogP contribution >= 0.6 is 0 Å². The van der Waals surface area contributed by atoms with Crippen molar-refractivity contribution in [1.82, 2.24) is 9.88 Å². The van der Waals surface area contributed by atoms with Crippen molar-refractivity contribution in [2.75, 3.05) is 5.73 Å². The summed E-state index contributed by atoms with van der Waals surface area (Å²) in [5.41, 5.74) is 7.11. The average molecular weight is 327 g/mol. The maximum absolute atomic E-state index is 12.9. The van der Waals surface area contributed by atoms with Gasteiger partial charge in [-0.3, -0.25) is 9.59 Å². The lowest BCUT2D eigenvalue weighted by atomic mass is 9.95. The highest BCUT2D eigenvalue weighted by atomic mass is 16.2. The van der Waals surface area contributed by atoms with Crippen molar-refractivity contribution in [3.05, 3.63) is 40.2 Å². The zero-order valence-corrected chi connectivity index (χ0v) is 14.3. The first kappa shape index (κ1) is 16.6.